The summed E-state index contributed by atoms with van der Waals surface area (Å²) in [7, 11) is -4.22. The fourth-order valence-electron chi connectivity index (χ4n) is 3.33. The van der Waals surface area contributed by atoms with Crippen LogP contribution in [0.15, 0.2) is 58.0 Å². The van der Waals surface area contributed by atoms with Crippen molar-refractivity contribution in [1.82, 2.24) is 15.1 Å². The van der Waals surface area contributed by atoms with Gasteiger partial charge in [0.25, 0.3) is 11.8 Å². The Hall–Kier alpha value is -3.14. The fourth-order valence-corrected chi connectivity index (χ4v) is 4.82. The largest absolute Gasteiger partial charge is 0.459 e. The van der Waals surface area contributed by atoms with Crippen molar-refractivity contribution in [1.29, 1.82) is 0 Å². The summed E-state index contributed by atoms with van der Waals surface area (Å²) < 4.78 is 31.5. The SMILES string of the molecule is CCCC(=O)N1CCN(C(=O)[C@H](NC(=O)c2ccco2)S(=O)(=O)c2ccccc2)CC1. The van der Waals surface area contributed by atoms with Gasteiger partial charge in [0.2, 0.25) is 21.1 Å². The van der Waals surface area contributed by atoms with E-state index in [-0.39, 0.29) is 29.7 Å². The molecule has 0 radical (unpaired) electrons. The van der Waals surface area contributed by atoms with Gasteiger partial charge in [-0.15, -0.1) is 0 Å². The molecule has 2 aromatic rings. The van der Waals surface area contributed by atoms with Crippen LogP contribution in [0.3, 0.4) is 0 Å². The molecule has 1 aromatic heterocycles. The summed E-state index contributed by atoms with van der Waals surface area (Å²) in [6, 6.07) is 10.4. The minimum atomic E-state index is -4.22. The molecule has 9 nitrogen and oxygen atoms in total. The topological polar surface area (TPSA) is 117 Å². The first kappa shape index (κ1) is 22.5. The number of carbonyl (C=O) groups excluding carboxylic acids is 3. The van der Waals surface area contributed by atoms with E-state index in [9.17, 15) is 22.8 Å². The first-order valence-electron chi connectivity index (χ1n) is 10.0. The van der Waals surface area contributed by atoms with E-state index in [1.165, 1.54) is 35.4 Å². The van der Waals surface area contributed by atoms with Crippen molar-refractivity contribution < 1.29 is 27.2 Å². The molecular weight excluding hydrogens is 422 g/mol. The van der Waals surface area contributed by atoms with Crippen LogP contribution in [0.5, 0.6) is 0 Å². The molecule has 0 spiro atoms. The number of carbonyl (C=O) groups is 3. The number of benzene rings is 1. The molecule has 0 aliphatic carbocycles. The zero-order chi connectivity index (χ0) is 22.4. The van der Waals surface area contributed by atoms with E-state index in [1.807, 2.05) is 6.92 Å². The molecule has 2 heterocycles. The number of amides is 3. The Balaban J connectivity index is 1.82. The predicted molar refractivity (Wildman–Crippen MR) is 112 cm³/mol. The number of hydrogen-bond donors (Lipinski definition) is 1. The van der Waals surface area contributed by atoms with Gasteiger partial charge in [-0.25, -0.2) is 8.42 Å². The maximum atomic E-state index is 13.2. The lowest BCUT2D eigenvalue weighted by atomic mass is 10.2. The predicted octanol–water partition coefficient (Wildman–Crippen LogP) is 1.28. The zero-order valence-corrected chi connectivity index (χ0v) is 18.0. The van der Waals surface area contributed by atoms with Crippen LogP contribution in [-0.2, 0) is 19.4 Å². The Bertz CT molecular complexity index is 1010. The van der Waals surface area contributed by atoms with Gasteiger partial charge in [-0.2, -0.15) is 0 Å². The van der Waals surface area contributed by atoms with E-state index in [0.29, 0.717) is 19.5 Å². The lowest BCUT2D eigenvalue weighted by Crippen LogP contribution is -2.57. The van der Waals surface area contributed by atoms with Crippen molar-refractivity contribution in [3.63, 3.8) is 0 Å². The number of nitrogens with zero attached hydrogens (tertiary/aromatic N) is 2. The minimum absolute atomic E-state index is 0.00850. The van der Waals surface area contributed by atoms with Crippen LogP contribution in [0.4, 0.5) is 0 Å². The second-order valence-electron chi connectivity index (χ2n) is 7.14. The molecule has 10 heteroatoms. The van der Waals surface area contributed by atoms with Gasteiger partial charge in [-0.1, -0.05) is 25.1 Å². The third kappa shape index (κ3) is 5.13. The molecule has 1 saturated heterocycles. The van der Waals surface area contributed by atoms with Gasteiger partial charge in [-0.3, -0.25) is 14.4 Å². The van der Waals surface area contributed by atoms with Gasteiger partial charge in [0, 0.05) is 32.6 Å². The van der Waals surface area contributed by atoms with Gasteiger partial charge < -0.3 is 19.5 Å². The van der Waals surface area contributed by atoms with Crippen molar-refractivity contribution in [2.45, 2.75) is 30.0 Å². The first-order chi connectivity index (χ1) is 14.8. The molecule has 1 aliphatic heterocycles. The van der Waals surface area contributed by atoms with Gasteiger partial charge in [-0.05, 0) is 30.7 Å². The molecule has 1 fully saturated rings. The maximum Gasteiger partial charge on any atom is 0.288 e. The van der Waals surface area contributed by atoms with Gasteiger partial charge >= 0.3 is 0 Å². The van der Waals surface area contributed by atoms with Crippen LogP contribution in [0.2, 0.25) is 0 Å². The molecule has 166 valence electrons. The number of furan rings is 1. The summed E-state index contributed by atoms with van der Waals surface area (Å²) in [4.78, 5) is 40.8. The van der Waals surface area contributed by atoms with Gasteiger partial charge in [0.15, 0.2) is 5.76 Å². The molecule has 0 saturated carbocycles. The molecule has 1 atom stereocenters. The van der Waals surface area contributed by atoms with Crippen LogP contribution in [0.25, 0.3) is 0 Å². The van der Waals surface area contributed by atoms with E-state index in [4.69, 9.17) is 4.42 Å². The monoisotopic (exact) mass is 447 g/mol. The minimum Gasteiger partial charge on any atom is -0.459 e. The molecule has 31 heavy (non-hydrogen) atoms. The first-order valence-corrected chi connectivity index (χ1v) is 11.6. The van der Waals surface area contributed by atoms with Crippen LogP contribution in [-0.4, -0.2) is 67.5 Å². The Kier molecular flexibility index (Phi) is 7.11. The maximum absolute atomic E-state index is 13.2. The summed E-state index contributed by atoms with van der Waals surface area (Å²) >= 11 is 0. The van der Waals surface area contributed by atoms with Crippen molar-refractivity contribution in [2.24, 2.45) is 0 Å². The summed E-state index contributed by atoms with van der Waals surface area (Å²) in [5.41, 5.74) is 0. The van der Waals surface area contributed by atoms with Gasteiger partial charge in [0.1, 0.15) is 0 Å². The Morgan fingerprint density at radius 2 is 1.65 bits per heavy atom. The Morgan fingerprint density at radius 1 is 1.00 bits per heavy atom. The van der Waals surface area contributed by atoms with Crippen molar-refractivity contribution in [3.8, 4) is 0 Å². The summed E-state index contributed by atoms with van der Waals surface area (Å²) in [6.07, 6.45) is 2.44. The number of nitrogens with one attached hydrogen (secondary N) is 1. The highest BCUT2D eigenvalue weighted by molar-refractivity contribution is 7.92. The summed E-state index contributed by atoms with van der Waals surface area (Å²) in [5.74, 6) is -1.64. The molecule has 0 bridgehead atoms. The summed E-state index contributed by atoms with van der Waals surface area (Å²) in [6.45, 7) is 2.92. The lowest BCUT2D eigenvalue weighted by molar-refractivity contribution is -0.139. The summed E-state index contributed by atoms with van der Waals surface area (Å²) in [5, 5.41) is 0.503. The van der Waals surface area contributed by atoms with E-state index >= 15 is 0 Å². The van der Waals surface area contributed by atoms with Crippen LogP contribution < -0.4 is 5.32 Å². The number of piperazine rings is 1. The van der Waals surface area contributed by atoms with E-state index in [2.05, 4.69) is 5.32 Å². The molecule has 3 amide bonds. The van der Waals surface area contributed by atoms with Crippen molar-refractivity contribution in [3.05, 3.63) is 54.5 Å². The van der Waals surface area contributed by atoms with E-state index in [0.717, 1.165) is 6.42 Å². The number of hydrogen-bond acceptors (Lipinski definition) is 6. The second kappa shape index (κ2) is 9.78. The van der Waals surface area contributed by atoms with E-state index < -0.39 is 27.0 Å². The lowest BCUT2D eigenvalue weighted by Gasteiger charge is -2.36. The smallest absolute Gasteiger partial charge is 0.288 e. The number of rotatable bonds is 7. The normalized spacial score (nSPS) is 15.4. The third-order valence-corrected chi connectivity index (χ3v) is 6.89. The molecule has 1 N–H and O–H groups in total. The Morgan fingerprint density at radius 3 is 2.23 bits per heavy atom. The quantitative estimate of drug-likeness (QED) is 0.683. The fraction of sp³-hybridized carbons (Fsp3) is 0.381. The zero-order valence-electron chi connectivity index (χ0n) is 17.2. The molecule has 1 aliphatic rings. The molecule has 1 aromatic carbocycles. The average Bonchev–Trinajstić information content (AvgIpc) is 3.33. The van der Waals surface area contributed by atoms with E-state index in [1.54, 1.807) is 23.1 Å². The van der Waals surface area contributed by atoms with Crippen LogP contribution in [0.1, 0.15) is 30.3 Å². The third-order valence-electron chi connectivity index (χ3n) is 5.02. The second-order valence-corrected chi connectivity index (χ2v) is 9.18. The van der Waals surface area contributed by atoms with Crippen molar-refractivity contribution >= 4 is 27.6 Å². The highest BCUT2D eigenvalue weighted by Crippen LogP contribution is 2.18. The average molecular weight is 448 g/mol. The standard InChI is InChI=1S/C21H25N3O6S/c1-2-7-18(25)23-11-13-24(14-12-23)21(27)20(22-19(26)17-10-6-15-30-17)31(28,29)16-8-4-3-5-9-16/h3-6,8-10,15,20H,2,7,11-14H2,1H3,(H,22,26)/t20-/m1/s1. The Labute approximate surface area is 180 Å². The highest BCUT2D eigenvalue weighted by atomic mass is 32.2. The molecular formula is C21H25N3O6S. The van der Waals surface area contributed by atoms with Crippen LogP contribution in [0, 0.1) is 0 Å². The van der Waals surface area contributed by atoms with Crippen LogP contribution >= 0.6 is 0 Å². The number of sulfone groups is 1. The highest BCUT2D eigenvalue weighted by Gasteiger charge is 2.39. The van der Waals surface area contributed by atoms with Gasteiger partial charge in [0.05, 0.1) is 11.2 Å². The molecule has 3 rings (SSSR count). The van der Waals surface area contributed by atoms with Crippen molar-refractivity contribution in [2.75, 3.05) is 26.2 Å². The molecule has 0 unspecified atom stereocenters.